The Kier molecular flexibility index (Phi) is 9.63. The van der Waals surface area contributed by atoms with E-state index in [-0.39, 0.29) is 20.1 Å². The number of nitrogens with zero attached hydrogens (tertiary/aromatic N) is 3. The van der Waals surface area contributed by atoms with E-state index in [0.717, 1.165) is 28.9 Å². The zero-order valence-corrected chi connectivity index (χ0v) is 30.9. The van der Waals surface area contributed by atoms with Crippen LogP contribution in [0.25, 0.3) is 60.6 Å². The maximum Gasteiger partial charge on any atom is 0.0464 e. The molecule has 0 saturated heterocycles. The van der Waals surface area contributed by atoms with Crippen molar-refractivity contribution in [2.75, 3.05) is 0 Å². The van der Waals surface area contributed by atoms with Crippen molar-refractivity contribution in [2.24, 2.45) is 5.92 Å². The Morgan fingerprint density at radius 2 is 1.53 bits per heavy atom. The van der Waals surface area contributed by atoms with Gasteiger partial charge in [-0.05, 0) is 72.5 Å². The molecule has 49 heavy (non-hydrogen) atoms. The van der Waals surface area contributed by atoms with Gasteiger partial charge in [0.2, 0.25) is 0 Å². The third kappa shape index (κ3) is 6.29. The molecule has 0 unspecified atom stereocenters. The molecule has 9 rings (SSSR count). The average Bonchev–Trinajstić information content (AvgIpc) is 3.66. The summed E-state index contributed by atoms with van der Waals surface area (Å²) < 4.78 is 2.55. The zero-order chi connectivity index (χ0) is 32.6. The second kappa shape index (κ2) is 14.2. The Morgan fingerprint density at radius 1 is 0.755 bits per heavy atom. The van der Waals surface area contributed by atoms with Gasteiger partial charge in [0, 0.05) is 60.0 Å². The van der Waals surface area contributed by atoms with Crippen LogP contribution >= 0.6 is 0 Å². The van der Waals surface area contributed by atoms with Crippen molar-refractivity contribution in [2.45, 2.75) is 65.2 Å². The number of benzene rings is 4. The third-order valence-corrected chi connectivity index (χ3v) is 10.1. The van der Waals surface area contributed by atoms with Crippen LogP contribution in [0.3, 0.4) is 0 Å². The van der Waals surface area contributed by atoms with Crippen LogP contribution in [0.15, 0.2) is 109 Å². The molecule has 1 aliphatic rings. The molecule has 247 valence electrons. The first-order chi connectivity index (χ1) is 23.6. The van der Waals surface area contributed by atoms with E-state index in [2.05, 4.69) is 103 Å². The van der Waals surface area contributed by atoms with Gasteiger partial charge in [0.15, 0.2) is 0 Å². The molecule has 0 atom stereocenters. The van der Waals surface area contributed by atoms with Crippen molar-refractivity contribution in [1.29, 1.82) is 0 Å². The van der Waals surface area contributed by atoms with Gasteiger partial charge in [0.1, 0.15) is 0 Å². The van der Waals surface area contributed by atoms with Gasteiger partial charge in [-0.15, -0.1) is 48.0 Å². The van der Waals surface area contributed by atoms with E-state index in [0.29, 0.717) is 11.8 Å². The van der Waals surface area contributed by atoms with Gasteiger partial charge in [-0.3, -0.25) is 4.98 Å². The minimum Gasteiger partial charge on any atom is -0.348 e. The van der Waals surface area contributed by atoms with Crippen LogP contribution in [-0.4, -0.2) is 14.4 Å². The molecule has 0 spiro atoms. The molecule has 4 heterocycles. The minimum absolute atomic E-state index is 0. The summed E-state index contributed by atoms with van der Waals surface area (Å²) >= 11 is 0. The number of para-hydroxylation sites is 2. The molecule has 1 saturated carbocycles. The Morgan fingerprint density at radius 3 is 2.31 bits per heavy atom. The Labute approximate surface area is 303 Å². The van der Waals surface area contributed by atoms with Crippen LogP contribution < -0.4 is 0 Å². The SMILES string of the molecule is Cc1cnc(-c2[c-]c3c4cccc5c6ccccc6n(c3c(C3CCCCC3)c2)c45)cc1CC(C)C.[Ir].[c-]1ccccc1-c1ccccn1. The smallest absolute Gasteiger partial charge is 0.0464 e. The standard InChI is InChI=1S/C34H33N2.C11H8N.Ir/c1-21(2)16-24-19-31(35-20-22(24)3)25-17-29(23-10-5-4-6-11-23)34-30(18-25)28-14-9-13-27-26-12-7-8-15-32(26)36(34)33(27)28;1-2-6-10(7-3-1)11-8-4-5-9-12-11;/h7-9,12-15,17,19-21,23H,4-6,10-11,16H2,1-3H3;1-6,8-9H;/q2*-1;. The van der Waals surface area contributed by atoms with Crippen molar-refractivity contribution >= 4 is 38.1 Å². The van der Waals surface area contributed by atoms with E-state index in [1.165, 1.54) is 86.9 Å². The van der Waals surface area contributed by atoms with Gasteiger partial charge in [-0.1, -0.05) is 110 Å². The predicted octanol–water partition coefficient (Wildman–Crippen LogP) is 11.8. The number of aryl methyl sites for hydroxylation is 1. The van der Waals surface area contributed by atoms with Crippen LogP contribution in [0.1, 0.15) is 68.6 Å². The molecule has 1 aliphatic carbocycles. The molecule has 0 bridgehead atoms. The van der Waals surface area contributed by atoms with Crippen LogP contribution in [0, 0.1) is 25.0 Å². The molecule has 0 N–H and O–H groups in total. The van der Waals surface area contributed by atoms with E-state index in [9.17, 15) is 0 Å². The summed E-state index contributed by atoms with van der Waals surface area (Å²) in [4.78, 5) is 9.14. The number of hydrogen-bond donors (Lipinski definition) is 0. The Hall–Kier alpha value is -4.37. The molecule has 3 nitrogen and oxygen atoms in total. The topological polar surface area (TPSA) is 30.2 Å². The maximum absolute atomic E-state index is 4.93. The number of pyridine rings is 2. The summed E-state index contributed by atoms with van der Waals surface area (Å²) in [6.07, 6.45) is 11.5. The van der Waals surface area contributed by atoms with Gasteiger partial charge in [0.25, 0.3) is 0 Å². The number of rotatable bonds is 5. The monoisotopic (exact) mass is 816 g/mol. The fourth-order valence-corrected chi connectivity index (χ4v) is 7.80. The van der Waals surface area contributed by atoms with Crippen molar-refractivity contribution in [3.05, 3.63) is 138 Å². The van der Waals surface area contributed by atoms with Crippen molar-refractivity contribution < 1.29 is 20.1 Å². The first-order valence-electron chi connectivity index (χ1n) is 17.5. The summed E-state index contributed by atoms with van der Waals surface area (Å²) in [6.45, 7) is 6.77. The molecule has 1 fully saturated rings. The fourth-order valence-electron chi connectivity index (χ4n) is 7.80. The molecule has 0 aliphatic heterocycles. The molecule has 8 aromatic rings. The van der Waals surface area contributed by atoms with Gasteiger partial charge in [-0.2, -0.15) is 0 Å². The van der Waals surface area contributed by atoms with E-state index in [4.69, 9.17) is 4.98 Å². The Bertz CT molecular complexity index is 2300. The largest absolute Gasteiger partial charge is 0.348 e. The zero-order valence-electron chi connectivity index (χ0n) is 28.5. The van der Waals surface area contributed by atoms with Crippen LogP contribution in [0.5, 0.6) is 0 Å². The van der Waals surface area contributed by atoms with E-state index in [1.807, 2.05) is 42.5 Å². The van der Waals surface area contributed by atoms with Gasteiger partial charge in [0.05, 0.1) is 0 Å². The summed E-state index contributed by atoms with van der Waals surface area (Å²) in [7, 11) is 0. The normalized spacial score (nSPS) is 13.6. The summed E-state index contributed by atoms with van der Waals surface area (Å²) in [5.41, 5.74) is 12.4. The van der Waals surface area contributed by atoms with E-state index < -0.39 is 0 Å². The first kappa shape index (κ1) is 33.1. The minimum atomic E-state index is 0. The number of fused-ring (bicyclic) bond motifs is 6. The number of aromatic nitrogens is 3. The molecular weight excluding hydrogens is 775 g/mol. The second-order valence-electron chi connectivity index (χ2n) is 13.8. The van der Waals surface area contributed by atoms with E-state index in [1.54, 1.807) is 6.20 Å². The predicted molar refractivity (Wildman–Crippen MR) is 201 cm³/mol. The van der Waals surface area contributed by atoms with E-state index >= 15 is 0 Å². The first-order valence-corrected chi connectivity index (χ1v) is 17.5. The third-order valence-electron chi connectivity index (χ3n) is 10.1. The number of hydrogen-bond acceptors (Lipinski definition) is 2. The molecule has 4 aromatic carbocycles. The fraction of sp³-hybridized carbons (Fsp3) is 0.244. The van der Waals surface area contributed by atoms with Gasteiger partial charge < -0.3 is 9.38 Å². The second-order valence-corrected chi connectivity index (χ2v) is 13.8. The molecule has 1 radical (unpaired) electrons. The Balaban J connectivity index is 0.000000246. The van der Waals surface area contributed by atoms with Crippen molar-refractivity contribution in [3.63, 3.8) is 0 Å². The van der Waals surface area contributed by atoms with Crippen molar-refractivity contribution in [3.8, 4) is 22.5 Å². The molecular formula is C45H41IrN3-2. The van der Waals surface area contributed by atoms with Crippen LogP contribution in [0.2, 0.25) is 0 Å². The van der Waals surface area contributed by atoms with Crippen LogP contribution in [0.4, 0.5) is 0 Å². The average molecular weight is 816 g/mol. The van der Waals surface area contributed by atoms with Gasteiger partial charge in [-0.25, -0.2) is 0 Å². The summed E-state index contributed by atoms with van der Waals surface area (Å²) in [5, 5.41) is 5.26. The molecule has 4 aromatic heterocycles. The van der Waals surface area contributed by atoms with Crippen LogP contribution in [-0.2, 0) is 26.5 Å². The summed E-state index contributed by atoms with van der Waals surface area (Å²) in [6, 6.07) is 41.2. The maximum atomic E-state index is 4.93. The molecule has 0 amide bonds. The quantitative estimate of drug-likeness (QED) is 0.162. The molecule has 4 heteroatoms. The van der Waals surface area contributed by atoms with Crippen molar-refractivity contribution in [1.82, 2.24) is 14.4 Å². The van der Waals surface area contributed by atoms with Gasteiger partial charge >= 0.3 is 0 Å². The summed E-state index contributed by atoms with van der Waals surface area (Å²) in [5.74, 6) is 1.21.